The summed E-state index contributed by atoms with van der Waals surface area (Å²) in [5.41, 5.74) is 3.22. The van der Waals surface area contributed by atoms with Gasteiger partial charge < -0.3 is 19.7 Å². The Balaban J connectivity index is 1.45. The van der Waals surface area contributed by atoms with E-state index in [0.717, 1.165) is 36.7 Å². The number of carbonyl (C=O) groups is 1. The standard InChI is InChI=1S/C20H28N6O/c1-15-13-17(24-9-5-3-4-6-10-24)7-8-18(15)22-20(27)26-12-11-25-14-21-23-19(25)16(26)2/h7-8,13-14,16H,3-6,9-12H2,1-2H3,(H,22,27). The largest absolute Gasteiger partial charge is 0.372 e. The van der Waals surface area contributed by atoms with Crippen molar-refractivity contribution < 1.29 is 4.79 Å². The molecule has 2 aliphatic rings. The smallest absolute Gasteiger partial charge is 0.322 e. The molecule has 3 heterocycles. The van der Waals surface area contributed by atoms with E-state index < -0.39 is 0 Å². The first-order chi connectivity index (χ1) is 13.1. The zero-order valence-corrected chi connectivity index (χ0v) is 16.2. The summed E-state index contributed by atoms with van der Waals surface area (Å²) >= 11 is 0. The Hall–Kier alpha value is -2.57. The Labute approximate surface area is 160 Å². The molecule has 7 nitrogen and oxygen atoms in total. The van der Waals surface area contributed by atoms with Gasteiger partial charge in [-0.2, -0.15) is 0 Å². The van der Waals surface area contributed by atoms with Crippen molar-refractivity contribution in [3.63, 3.8) is 0 Å². The third-order valence-electron chi connectivity index (χ3n) is 5.75. The summed E-state index contributed by atoms with van der Waals surface area (Å²) in [6.07, 6.45) is 6.90. The molecule has 0 bridgehead atoms. The minimum absolute atomic E-state index is 0.0811. The van der Waals surface area contributed by atoms with Gasteiger partial charge in [-0.1, -0.05) is 12.8 Å². The maximum absolute atomic E-state index is 12.8. The van der Waals surface area contributed by atoms with Gasteiger partial charge in [-0.3, -0.25) is 0 Å². The Bertz CT molecular complexity index is 809. The summed E-state index contributed by atoms with van der Waals surface area (Å²) in [6, 6.07) is 6.19. The number of carbonyl (C=O) groups excluding carboxylic acids is 1. The summed E-state index contributed by atoms with van der Waals surface area (Å²) in [4.78, 5) is 17.1. The molecular weight excluding hydrogens is 340 g/mol. The highest BCUT2D eigenvalue weighted by Gasteiger charge is 2.29. The van der Waals surface area contributed by atoms with Crippen LogP contribution in [0.5, 0.6) is 0 Å². The molecule has 2 aromatic rings. The van der Waals surface area contributed by atoms with Gasteiger partial charge in [-0.25, -0.2) is 4.79 Å². The van der Waals surface area contributed by atoms with Gasteiger partial charge in [-0.05, 0) is 50.5 Å². The molecule has 1 aromatic heterocycles. The minimum atomic E-state index is -0.0853. The number of benzene rings is 1. The number of urea groups is 1. The lowest BCUT2D eigenvalue weighted by atomic mass is 10.1. The second-order valence-electron chi connectivity index (χ2n) is 7.58. The molecule has 2 aliphatic heterocycles. The van der Waals surface area contributed by atoms with E-state index in [1.807, 2.05) is 22.5 Å². The fourth-order valence-corrected chi connectivity index (χ4v) is 4.09. The molecule has 1 unspecified atom stereocenters. The average molecular weight is 368 g/mol. The van der Waals surface area contributed by atoms with E-state index in [1.165, 1.54) is 31.4 Å². The van der Waals surface area contributed by atoms with Gasteiger partial charge in [0, 0.05) is 37.6 Å². The maximum Gasteiger partial charge on any atom is 0.322 e. The third kappa shape index (κ3) is 3.63. The molecule has 0 saturated carbocycles. The number of hydrogen-bond acceptors (Lipinski definition) is 4. The Morgan fingerprint density at radius 2 is 1.89 bits per heavy atom. The van der Waals surface area contributed by atoms with Gasteiger partial charge >= 0.3 is 6.03 Å². The molecule has 7 heteroatoms. The lowest BCUT2D eigenvalue weighted by Crippen LogP contribution is -2.43. The van der Waals surface area contributed by atoms with Crippen LogP contribution in [-0.2, 0) is 6.54 Å². The first kappa shape index (κ1) is 17.8. The zero-order chi connectivity index (χ0) is 18.8. The van der Waals surface area contributed by atoms with Crippen molar-refractivity contribution in [3.05, 3.63) is 35.9 Å². The van der Waals surface area contributed by atoms with E-state index in [0.29, 0.717) is 6.54 Å². The molecule has 1 aromatic carbocycles. The summed E-state index contributed by atoms with van der Waals surface area (Å²) < 4.78 is 2.01. The van der Waals surface area contributed by atoms with Crippen LogP contribution >= 0.6 is 0 Å². The van der Waals surface area contributed by atoms with Crippen LogP contribution in [0.2, 0.25) is 0 Å². The van der Waals surface area contributed by atoms with Gasteiger partial charge in [-0.15, -0.1) is 10.2 Å². The molecule has 2 amide bonds. The van der Waals surface area contributed by atoms with E-state index in [4.69, 9.17) is 0 Å². The van der Waals surface area contributed by atoms with E-state index in [-0.39, 0.29) is 12.1 Å². The zero-order valence-electron chi connectivity index (χ0n) is 16.2. The Morgan fingerprint density at radius 3 is 2.63 bits per heavy atom. The van der Waals surface area contributed by atoms with Crippen LogP contribution < -0.4 is 10.2 Å². The molecule has 27 heavy (non-hydrogen) atoms. The number of nitrogens with one attached hydrogen (secondary N) is 1. The fraction of sp³-hybridized carbons (Fsp3) is 0.550. The second-order valence-corrected chi connectivity index (χ2v) is 7.58. The van der Waals surface area contributed by atoms with E-state index in [1.54, 1.807) is 6.33 Å². The number of amides is 2. The first-order valence-electron chi connectivity index (χ1n) is 9.94. The van der Waals surface area contributed by atoms with Gasteiger partial charge in [0.25, 0.3) is 0 Å². The number of nitrogens with zero attached hydrogens (tertiary/aromatic N) is 5. The van der Waals surface area contributed by atoms with Crippen LogP contribution in [0.3, 0.4) is 0 Å². The van der Waals surface area contributed by atoms with Gasteiger partial charge in [0.05, 0.1) is 6.04 Å². The lowest BCUT2D eigenvalue weighted by Gasteiger charge is -2.33. The highest BCUT2D eigenvalue weighted by molar-refractivity contribution is 5.90. The number of rotatable bonds is 2. The number of aryl methyl sites for hydroxylation is 1. The molecule has 0 radical (unpaired) electrons. The summed E-state index contributed by atoms with van der Waals surface area (Å²) in [5.74, 6) is 0.838. The van der Waals surface area contributed by atoms with Gasteiger partial charge in [0.2, 0.25) is 0 Å². The van der Waals surface area contributed by atoms with E-state index in [9.17, 15) is 4.79 Å². The quantitative estimate of drug-likeness (QED) is 0.880. The summed E-state index contributed by atoms with van der Waals surface area (Å²) in [6.45, 7) is 7.69. The molecule has 1 fully saturated rings. The number of aromatic nitrogens is 3. The molecule has 144 valence electrons. The van der Waals surface area contributed by atoms with Gasteiger partial charge in [0.15, 0.2) is 5.82 Å². The van der Waals surface area contributed by atoms with Crippen molar-refractivity contribution >= 4 is 17.4 Å². The van der Waals surface area contributed by atoms with E-state index >= 15 is 0 Å². The highest BCUT2D eigenvalue weighted by Crippen LogP contribution is 2.27. The van der Waals surface area contributed by atoms with E-state index in [2.05, 4.69) is 39.5 Å². The van der Waals surface area contributed by atoms with Crippen molar-refractivity contribution in [1.82, 2.24) is 19.7 Å². The SMILES string of the molecule is Cc1cc(N2CCCCCC2)ccc1NC(=O)N1CCn2cnnc2C1C. The molecule has 1 saturated heterocycles. The Morgan fingerprint density at radius 1 is 1.11 bits per heavy atom. The monoisotopic (exact) mass is 368 g/mol. The molecule has 0 aliphatic carbocycles. The van der Waals surface area contributed by atoms with Crippen LogP contribution in [0.25, 0.3) is 0 Å². The molecule has 4 rings (SSSR count). The van der Waals surface area contributed by atoms with Crippen molar-refractivity contribution in [2.45, 2.75) is 52.1 Å². The third-order valence-corrected chi connectivity index (χ3v) is 5.75. The van der Waals surface area contributed by atoms with Crippen LogP contribution in [0, 0.1) is 6.92 Å². The Kier molecular flexibility index (Phi) is 5.01. The number of anilines is 2. The van der Waals surface area contributed by atoms with Crippen LogP contribution in [0.1, 0.15) is 50.0 Å². The molecule has 1 atom stereocenters. The topological polar surface area (TPSA) is 66.3 Å². The lowest BCUT2D eigenvalue weighted by molar-refractivity contribution is 0.172. The summed E-state index contributed by atoms with van der Waals surface area (Å²) in [5, 5.41) is 11.2. The second kappa shape index (κ2) is 7.58. The van der Waals surface area contributed by atoms with Crippen molar-refractivity contribution in [2.75, 3.05) is 29.9 Å². The van der Waals surface area contributed by atoms with Crippen LogP contribution in [-0.4, -0.2) is 45.3 Å². The van der Waals surface area contributed by atoms with Crippen molar-refractivity contribution in [2.24, 2.45) is 0 Å². The first-order valence-corrected chi connectivity index (χ1v) is 9.94. The summed E-state index contributed by atoms with van der Waals surface area (Å²) in [7, 11) is 0. The number of hydrogen-bond donors (Lipinski definition) is 1. The molecule has 1 N–H and O–H groups in total. The molecule has 0 spiro atoms. The van der Waals surface area contributed by atoms with Crippen LogP contribution in [0.4, 0.5) is 16.2 Å². The molecular formula is C20H28N6O. The number of fused-ring (bicyclic) bond motifs is 1. The predicted molar refractivity (Wildman–Crippen MR) is 106 cm³/mol. The average Bonchev–Trinajstić information content (AvgIpc) is 2.98. The van der Waals surface area contributed by atoms with Crippen LogP contribution in [0.15, 0.2) is 24.5 Å². The maximum atomic E-state index is 12.8. The van der Waals surface area contributed by atoms with Gasteiger partial charge in [0.1, 0.15) is 6.33 Å². The minimum Gasteiger partial charge on any atom is -0.372 e. The fourth-order valence-electron chi connectivity index (χ4n) is 4.09. The van der Waals surface area contributed by atoms with Crippen molar-refractivity contribution in [1.29, 1.82) is 0 Å². The normalized spacial score (nSPS) is 20.1. The highest BCUT2D eigenvalue weighted by atomic mass is 16.2. The predicted octanol–water partition coefficient (Wildman–Crippen LogP) is 3.58. The van der Waals surface area contributed by atoms with Crippen molar-refractivity contribution in [3.8, 4) is 0 Å².